The first-order valence-corrected chi connectivity index (χ1v) is 11.8. The number of aryl methyl sites for hydroxylation is 2. The van der Waals surface area contributed by atoms with Crippen molar-refractivity contribution in [1.29, 1.82) is 0 Å². The van der Waals surface area contributed by atoms with Crippen molar-refractivity contribution in [2.45, 2.75) is 27.3 Å². The highest BCUT2D eigenvalue weighted by atomic mass is 16.5. The standard InChI is InChI=1S/C29H28N4O3/c1-17-27(18(2)36-31-17)21-13-24(29(35)30-4)28-23-15-22(32(5)19(3)34)11-12-25(23)33(26(28)14-21)16-20-9-7-6-8-10-20/h6-15H,16H2,1-5H3,(H,30,35). The Morgan fingerprint density at radius 3 is 2.42 bits per heavy atom. The quantitative estimate of drug-likeness (QED) is 0.362. The number of anilines is 1. The molecule has 0 spiro atoms. The molecule has 0 aliphatic heterocycles. The van der Waals surface area contributed by atoms with Gasteiger partial charge < -0.3 is 19.3 Å². The van der Waals surface area contributed by atoms with Gasteiger partial charge in [0.2, 0.25) is 5.91 Å². The highest BCUT2D eigenvalue weighted by Crippen LogP contribution is 2.39. The molecule has 0 fully saturated rings. The molecule has 7 heteroatoms. The molecule has 2 amide bonds. The number of amides is 2. The summed E-state index contributed by atoms with van der Waals surface area (Å²) < 4.78 is 7.67. The summed E-state index contributed by atoms with van der Waals surface area (Å²) in [5, 5.41) is 8.69. The molecule has 3 aromatic carbocycles. The number of fused-ring (bicyclic) bond motifs is 3. The Bertz CT molecular complexity index is 1610. The van der Waals surface area contributed by atoms with Gasteiger partial charge in [0, 0.05) is 60.7 Å². The van der Waals surface area contributed by atoms with E-state index in [1.807, 2.05) is 56.3 Å². The van der Waals surface area contributed by atoms with E-state index < -0.39 is 0 Å². The van der Waals surface area contributed by atoms with Crippen molar-refractivity contribution in [2.75, 3.05) is 19.0 Å². The Balaban J connectivity index is 1.90. The number of nitrogens with zero attached hydrogens (tertiary/aromatic N) is 3. The first kappa shape index (κ1) is 23.4. The minimum atomic E-state index is -0.183. The molecule has 7 nitrogen and oxygen atoms in total. The third-order valence-corrected chi connectivity index (χ3v) is 6.79. The Kier molecular flexibility index (Phi) is 5.84. The van der Waals surface area contributed by atoms with E-state index >= 15 is 0 Å². The maximum Gasteiger partial charge on any atom is 0.251 e. The molecule has 0 unspecified atom stereocenters. The van der Waals surface area contributed by atoms with Gasteiger partial charge >= 0.3 is 0 Å². The van der Waals surface area contributed by atoms with Crippen molar-refractivity contribution in [1.82, 2.24) is 15.0 Å². The van der Waals surface area contributed by atoms with Crippen LogP contribution in [0, 0.1) is 13.8 Å². The van der Waals surface area contributed by atoms with Crippen molar-refractivity contribution in [3.05, 3.63) is 83.2 Å². The summed E-state index contributed by atoms with van der Waals surface area (Å²) in [6.45, 7) is 5.94. The van der Waals surface area contributed by atoms with Crippen LogP contribution >= 0.6 is 0 Å². The van der Waals surface area contributed by atoms with Crippen LogP contribution in [0.15, 0.2) is 65.2 Å². The number of rotatable bonds is 5. The van der Waals surface area contributed by atoms with E-state index in [0.29, 0.717) is 17.9 Å². The summed E-state index contributed by atoms with van der Waals surface area (Å²) in [6, 6.07) is 20.2. The van der Waals surface area contributed by atoms with Crippen molar-refractivity contribution in [2.24, 2.45) is 0 Å². The van der Waals surface area contributed by atoms with Gasteiger partial charge in [-0.2, -0.15) is 0 Å². The second-order valence-electron chi connectivity index (χ2n) is 9.05. The maximum atomic E-state index is 13.2. The zero-order chi connectivity index (χ0) is 25.6. The summed E-state index contributed by atoms with van der Waals surface area (Å²) in [5.41, 5.74) is 6.90. The normalized spacial score (nSPS) is 11.2. The zero-order valence-electron chi connectivity index (χ0n) is 21.0. The lowest BCUT2D eigenvalue weighted by Crippen LogP contribution is -2.22. The predicted octanol–water partition coefficient (Wildman–Crippen LogP) is 5.46. The zero-order valence-corrected chi connectivity index (χ0v) is 21.0. The van der Waals surface area contributed by atoms with Crippen molar-refractivity contribution < 1.29 is 14.1 Å². The van der Waals surface area contributed by atoms with E-state index in [2.05, 4.69) is 33.2 Å². The lowest BCUT2D eigenvalue weighted by atomic mass is 9.97. The molecule has 0 saturated heterocycles. The Hall–Kier alpha value is -4.39. The number of benzene rings is 3. The summed E-state index contributed by atoms with van der Waals surface area (Å²) in [6.07, 6.45) is 0. The minimum absolute atomic E-state index is 0.0606. The van der Waals surface area contributed by atoms with Gasteiger partial charge in [-0.3, -0.25) is 9.59 Å². The lowest BCUT2D eigenvalue weighted by Gasteiger charge is -2.15. The van der Waals surface area contributed by atoms with Crippen LogP contribution in [0.5, 0.6) is 0 Å². The Morgan fingerprint density at radius 1 is 1.03 bits per heavy atom. The molecule has 0 aliphatic carbocycles. The number of carbonyl (C=O) groups excluding carboxylic acids is 2. The Morgan fingerprint density at radius 2 is 1.78 bits per heavy atom. The van der Waals surface area contributed by atoms with Crippen LogP contribution in [0.2, 0.25) is 0 Å². The van der Waals surface area contributed by atoms with Gasteiger partial charge in [-0.1, -0.05) is 35.5 Å². The number of aromatic nitrogens is 2. The fourth-order valence-corrected chi connectivity index (χ4v) is 4.89. The van der Waals surface area contributed by atoms with E-state index in [9.17, 15) is 9.59 Å². The molecule has 0 aliphatic rings. The van der Waals surface area contributed by atoms with Crippen molar-refractivity contribution >= 4 is 39.3 Å². The van der Waals surface area contributed by atoms with Gasteiger partial charge in [-0.05, 0) is 55.3 Å². The van der Waals surface area contributed by atoms with E-state index in [1.54, 1.807) is 19.0 Å². The topological polar surface area (TPSA) is 80.4 Å². The average Bonchev–Trinajstić information content (AvgIpc) is 3.38. The summed E-state index contributed by atoms with van der Waals surface area (Å²) in [7, 11) is 3.39. The molecule has 5 aromatic rings. The van der Waals surface area contributed by atoms with Crippen molar-refractivity contribution in [3.8, 4) is 11.1 Å². The second kappa shape index (κ2) is 9.00. The molecule has 182 valence electrons. The molecule has 0 saturated carbocycles. The number of hydrogen-bond acceptors (Lipinski definition) is 4. The molecule has 36 heavy (non-hydrogen) atoms. The van der Waals surface area contributed by atoms with Gasteiger partial charge in [-0.15, -0.1) is 0 Å². The largest absolute Gasteiger partial charge is 0.361 e. The van der Waals surface area contributed by atoms with Crippen molar-refractivity contribution in [3.63, 3.8) is 0 Å². The molecule has 2 aromatic heterocycles. The van der Waals surface area contributed by atoms with Crippen LogP contribution in [-0.4, -0.2) is 35.6 Å². The van der Waals surface area contributed by atoms with E-state index in [1.165, 1.54) is 6.92 Å². The number of carbonyl (C=O) groups is 2. The molecule has 2 heterocycles. The van der Waals surface area contributed by atoms with E-state index in [0.717, 1.165) is 49.9 Å². The molecule has 0 bridgehead atoms. The first-order chi connectivity index (χ1) is 17.3. The third kappa shape index (κ3) is 3.82. The minimum Gasteiger partial charge on any atom is -0.361 e. The van der Waals surface area contributed by atoms with Gasteiger partial charge in [0.05, 0.1) is 11.2 Å². The molecule has 1 N–H and O–H groups in total. The molecule has 0 radical (unpaired) electrons. The van der Waals surface area contributed by atoms with Crippen LogP contribution in [0.3, 0.4) is 0 Å². The fraction of sp³-hybridized carbons (Fsp3) is 0.207. The molecule has 5 rings (SSSR count). The Labute approximate surface area is 209 Å². The highest BCUT2D eigenvalue weighted by Gasteiger charge is 2.22. The van der Waals surface area contributed by atoms with Crippen LogP contribution in [0.4, 0.5) is 5.69 Å². The molecular weight excluding hydrogens is 452 g/mol. The van der Waals surface area contributed by atoms with Crippen LogP contribution in [-0.2, 0) is 11.3 Å². The second-order valence-corrected chi connectivity index (χ2v) is 9.05. The number of nitrogens with one attached hydrogen (secondary N) is 1. The maximum absolute atomic E-state index is 13.2. The van der Waals surface area contributed by atoms with Gasteiger partial charge in [0.15, 0.2) is 0 Å². The average molecular weight is 481 g/mol. The van der Waals surface area contributed by atoms with Gasteiger partial charge in [-0.25, -0.2) is 0 Å². The highest BCUT2D eigenvalue weighted by molar-refractivity contribution is 6.20. The smallest absolute Gasteiger partial charge is 0.251 e. The monoisotopic (exact) mass is 480 g/mol. The summed E-state index contributed by atoms with van der Waals surface area (Å²) >= 11 is 0. The number of hydrogen-bond donors (Lipinski definition) is 1. The molecular formula is C29H28N4O3. The fourth-order valence-electron chi connectivity index (χ4n) is 4.89. The van der Waals surface area contributed by atoms with Crippen LogP contribution in [0.25, 0.3) is 32.9 Å². The van der Waals surface area contributed by atoms with Gasteiger partial charge in [0.25, 0.3) is 5.91 Å². The van der Waals surface area contributed by atoms with E-state index in [-0.39, 0.29) is 11.8 Å². The summed E-state index contributed by atoms with van der Waals surface area (Å²) in [4.78, 5) is 26.9. The van der Waals surface area contributed by atoms with Crippen LogP contribution in [0.1, 0.15) is 34.3 Å². The SMILES string of the molecule is CNC(=O)c1cc(-c2c(C)noc2C)cc2c1c1cc(N(C)C(C)=O)ccc1n2Cc1ccccc1. The van der Waals surface area contributed by atoms with Gasteiger partial charge in [0.1, 0.15) is 5.76 Å². The predicted molar refractivity (Wildman–Crippen MR) is 142 cm³/mol. The van der Waals surface area contributed by atoms with E-state index in [4.69, 9.17) is 4.52 Å². The lowest BCUT2D eigenvalue weighted by molar-refractivity contribution is -0.116. The molecule has 0 atom stereocenters. The first-order valence-electron chi connectivity index (χ1n) is 11.8. The third-order valence-electron chi connectivity index (χ3n) is 6.79. The van der Waals surface area contributed by atoms with Crippen LogP contribution < -0.4 is 10.2 Å². The summed E-state index contributed by atoms with van der Waals surface area (Å²) in [5.74, 6) is 0.457.